The van der Waals surface area contributed by atoms with Gasteiger partial charge in [0.05, 0.1) is 0 Å². The van der Waals surface area contributed by atoms with Gasteiger partial charge in [-0.15, -0.1) is 22.4 Å². The fourth-order valence-electron chi connectivity index (χ4n) is 3.35. The Hall–Kier alpha value is -3.58. The van der Waals surface area contributed by atoms with Crippen LogP contribution in [0.5, 0.6) is 0 Å². The molecular formula is C18H17BF3N9O3PdS-2. The molecule has 5 rings (SSSR count). The van der Waals surface area contributed by atoms with Crippen molar-refractivity contribution in [2.24, 2.45) is 0 Å². The smallest absolute Gasteiger partial charge is 0.485 e. The Balaban J connectivity index is 0.000000253. The first-order chi connectivity index (χ1) is 16.7. The molecule has 12 nitrogen and oxygen atoms in total. The molecule has 0 unspecified atom stereocenters. The van der Waals surface area contributed by atoms with Crippen LogP contribution < -0.4 is 22.4 Å². The number of aromatic nitrogens is 9. The van der Waals surface area contributed by atoms with Gasteiger partial charge in [0.1, 0.15) is 0 Å². The van der Waals surface area contributed by atoms with E-state index in [1.165, 1.54) is 0 Å². The van der Waals surface area contributed by atoms with E-state index in [9.17, 15) is 13.2 Å². The number of H-pyrrole nitrogens is 4. The number of aromatic amines is 4. The predicted octanol–water partition coefficient (Wildman–Crippen LogP) is -0.913. The molecule has 0 saturated heterocycles. The van der Waals surface area contributed by atoms with Crippen LogP contribution in [0.15, 0.2) is 79.6 Å². The number of pyridine rings is 1. The number of rotatable bonds is 4. The Kier molecular flexibility index (Phi) is 9.87. The summed E-state index contributed by atoms with van der Waals surface area (Å²) < 4.78 is 58.9. The molecule has 36 heavy (non-hydrogen) atoms. The molecule has 0 saturated carbocycles. The van der Waals surface area contributed by atoms with Crippen LogP contribution in [0.3, 0.4) is 0 Å². The minimum absolute atomic E-state index is 0. The third-order valence-electron chi connectivity index (χ3n) is 4.81. The molecule has 0 aromatic carbocycles. The quantitative estimate of drug-likeness (QED) is 0.114. The van der Waals surface area contributed by atoms with E-state index in [1.54, 1.807) is 37.2 Å². The zero-order valence-electron chi connectivity index (χ0n) is 17.9. The Bertz CT molecular complexity index is 1180. The number of hydrogen-bond donors (Lipinski definition) is 4. The Morgan fingerprint density at radius 3 is 1.11 bits per heavy atom. The Morgan fingerprint density at radius 2 is 0.972 bits per heavy atom. The van der Waals surface area contributed by atoms with Crippen molar-refractivity contribution >= 4 is 38.6 Å². The summed E-state index contributed by atoms with van der Waals surface area (Å²) in [6.45, 7) is 0. The number of alkyl halides is 3. The fourth-order valence-corrected chi connectivity index (χ4v) is 3.35. The van der Waals surface area contributed by atoms with Crippen molar-refractivity contribution in [1.29, 1.82) is 0 Å². The van der Waals surface area contributed by atoms with Crippen LogP contribution in [-0.2, 0) is 30.5 Å². The molecule has 0 aliphatic heterocycles. The van der Waals surface area contributed by atoms with Gasteiger partial charge in [-0.25, -0.2) is 8.42 Å². The first kappa shape index (κ1) is 28.7. The van der Waals surface area contributed by atoms with Gasteiger partial charge in [-0.05, 0) is 12.1 Å². The van der Waals surface area contributed by atoms with Gasteiger partial charge in [-0.2, -0.15) is 33.6 Å². The van der Waals surface area contributed by atoms with Crippen molar-refractivity contribution in [3.05, 3.63) is 79.6 Å². The van der Waals surface area contributed by atoms with Crippen molar-refractivity contribution in [2.75, 3.05) is 0 Å². The predicted molar refractivity (Wildman–Crippen MR) is 119 cm³/mol. The first-order valence-corrected chi connectivity index (χ1v) is 11.1. The van der Waals surface area contributed by atoms with Gasteiger partial charge in [-0.3, -0.25) is 4.98 Å². The molecule has 194 valence electrons. The molecule has 0 fully saturated rings. The van der Waals surface area contributed by atoms with Gasteiger partial charge in [0, 0.05) is 57.6 Å². The van der Waals surface area contributed by atoms with Crippen LogP contribution in [0.4, 0.5) is 13.2 Å². The number of hydrogen-bond acceptors (Lipinski definition) is 8. The van der Waals surface area contributed by atoms with E-state index in [0.29, 0.717) is 0 Å². The summed E-state index contributed by atoms with van der Waals surface area (Å²) in [5.41, 5.74) is -1.89. The summed E-state index contributed by atoms with van der Waals surface area (Å²) in [6, 6.07) is 13.5. The molecule has 0 amide bonds. The van der Waals surface area contributed by atoms with Crippen LogP contribution in [0.25, 0.3) is 0 Å². The molecule has 0 spiro atoms. The van der Waals surface area contributed by atoms with Gasteiger partial charge in [-0.1, -0.05) is 30.3 Å². The molecule has 0 aliphatic rings. The first-order valence-electron chi connectivity index (χ1n) is 9.69. The molecule has 5 aromatic heterocycles. The topological polar surface area (TPSA) is 185 Å². The van der Waals surface area contributed by atoms with Crippen molar-refractivity contribution in [3.8, 4) is 0 Å². The van der Waals surface area contributed by atoms with E-state index in [0.717, 1.165) is 22.4 Å². The van der Waals surface area contributed by atoms with Gasteiger partial charge in [0.2, 0.25) is 0 Å². The molecular weight excluding hydrogens is 597 g/mol. The summed E-state index contributed by atoms with van der Waals surface area (Å²) in [5.74, 6) is 0. The van der Waals surface area contributed by atoms with Crippen molar-refractivity contribution in [3.63, 3.8) is 0 Å². The molecule has 0 aliphatic carbocycles. The second-order valence-corrected chi connectivity index (χ2v) is 8.21. The standard InChI is InChI=1S/C12H12BN8.C5H5N.CHF3O3S.Pd/c1-5-14-18-9(1)13(10-2-6-15-19-10,11-3-7-16-20-11)12-4-8-17-21-12;1-2-4-6-5-3-1;2-1(3,4)8(5,6)7;/h1-8H,(H,14,18)(H,15,19)(H,16,20)(H,17,21);1-5H;(H,5,6,7);/q-1;;;/p-1. The summed E-state index contributed by atoms with van der Waals surface area (Å²) in [6.07, 6.45) is 8.90. The summed E-state index contributed by atoms with van der Waals surface area (Å²) in [7, 11) is -6.09. The minimum Gasteiger partial charge on any atom is -0.741 e. The minimum atomic E-state index is -6.09. The normalized spacial score (nSPS) is 11.3. The maximum Gasteiger partial charge on any atom is 0.485 e. The van der Waals surface area contributed by atoms with Gasteiger partial charge < -0.3 is 24.9 Å². The second kappa shape index (κ2) is 12.4. The second-order valence-electron chi connectivity index (χ2n) is 6.84. The fraction of sp³-hybridized carbons (Fsp3) is 0.0556. The van der Waals surface area contributed by atoms with Gasteiger partial charge in [0.25, 0.3) is 0 Å². The van der Waals surface area contributed by atoms with Crippen LogP contribution in [0.2, 0.25) is 0 Å². The zero-order chi connectivity index (χ0) is 25.4. The molecule has 0 atom stereocenters. The van der Waals surface area contributed by atoms with E-state index < -0.39 is 21.8 Å². The third-order valence-corrected chi connectivity index (χ3v) is 5.37. The molecule has 5 heterocycles. The number of halogens is 3. The van der Waals surface area contributed by atoms with E-state index >= 15 is 0 Å². The van der Waals surface area contributed by atoms with Crippen molar-refractivity contribution < 1.29 is 46.6 Å². The molecule has 18 heteroatoms. The summed E-state index contributed by atoms with van der Waals surface area (Å²) in [4.78, 5) is 3.78. The third kappa shape index (κ3) is 6.55. The zero-order valence-corrected chi connectivity index (χ0v) is 20.3. The number of nitrogens with zero attached hydrogens (tertiary/aromatic N) is 5. The van der Waals surface area contributed by atoms with E-state index in [1.807, 2.05) is 42.5 Å². The average molecular weight is 614 g/mol. The van der Waals surface area contributed by atoms with Crippen LogP contribution in [0, 0.1) is 0 Å². The van der Waals surface area contributed by atoms with Crippen LogP contribution in [0.1, 0.15) is 0 Å². The molecule has 0 radical (unpaired) electrons. The van der Waals surface area contributed by atoms with Crippen molar-refractivity contribution in [2.45, 2.75) is 5.51 Å². The van der Waals surface area contributed by atoms with E-state index in [2.05, 4.69) is 45.8 Å². The molecule has 4 N–H and O–H groups in total. The monoisotopic (exact) mass is 613 g/mol. The average Bonchev–Trinajstić information content (AvgIpc) is 3.66. The Labute approximate surface area is 215 Å². The SMILES string of the molecule is O=S(=O)([O-])C(F)(F)F.[Pd].c1cc([B-](c2ccn[nH]2)(c2ccn[nH]2)c2ccn[nH]2)[nH]n1.c1ccncc1. The van der Waals surface area contributed by atoms with Gasteiger partial charge >= 0.3 is 5.51 Å². The van der Waals surface area contributed by atoms with Crippen molar-refractivity contribution in [1.82, 2.24) is 45.8 Å². The summed E-state index contributed by atoms with van der Waals surface area (Å²) in [5, 5.41) is 28.7. The van der Waals surface area contributed by atoms with Crippen LogP contribution >= 0.6 is 0 Å². The van der Waals surface area contributed by atoms with Gasteiger partial charge in [0.15, 0.2) is 16.3 Å². The number of nitrogens with one attached hydrogen (secondary N) is 4. The molecule has 5 aromatic rings. The molecule has 0 bridgehead atoms. The van der Waals surface area contributed by atoms with Crippen LogP contribution in [-0.4, -0.2) is 70.4 Å². The van der Waals surface area contributed by atoms with E-state index in [-0.39, 0.29) is 20.4 Å². The largest absolute Gasteiger partial charge is 0.741 e. The van der Waals surface area contributed by atoms with E-state index in [4.69, 9.17) is 13.0 Å². The maximum absolute atomic E-state index is 10.7. The Morgan fingerprint density at radius 1 is 0.667 bits per heavy atom. The maximum atomic E-state index is 10.7. The summed E-state index contributed by atoms with van der Waals surface area (Å²) >= 11 is 0.